The lowest BCUT2D eigenvalue weighted by Gasteiger charge is -2.24. The highest BCUT2D eigenvalue weighted by molar-refractivity contribution is 6.03. The van der Waals surface area contributed by atoms with Crippen LogP contribution in [-0.4, -0.2) is 61.9 Å². The number of nitrogens with zero attached hydrogens (tertiary/aromatic N) is 1. The second-order valence-corrected chi connectivity index (χ2v) is 7.15. The molecule has 1 fully saturated rings. The molecular formula is C19H25NO7. The van der Waals surface area contributed by atoms with Crippen LogP contribution in [0.15, 0.2) is 18.2 Å². The van der Waals surface area contributed by atoms with Gasteiger partial charge >= 0.3 is 18.0 Å². The Balaban J connectivity index is 2.09. The lowest BCUT2D eigenvalue weighted by molar-refractivity contribution is 0.0275. The van der Waals surface area contributed by atoms with Crippen LogP contribution in [0.1, 0.15) is 47.9 Å². The molecule has 0 aromatic heterocycles. The molecule has 0 saturated carbocycles. The van der Waals surface area contributed by atoms with Gasteiger partial charge in [0.05, 0.1) is 31.9 Å². The molecule has 0 N–H and O–H groups in total. The third-order valence-electron chi connectivity index (χ3n) is 3.90. The maximum absolute atomic E-state index is 12.1. The number of rotatable bonds is 4. The predicted molar refractivity (Wildman–Crippen MR) is 96.0 cm³/mol. The summed E-state index contributed by atoms with van der Waals surface area (Å²) in [7, 11) is 2.46. The zero-order chi connectivity index (χ0) is 20.2. The van der Waals surface area contributed by atoms with Crippen LogP contribution in [0, 0.1) is 0 Å². The number of esters is 2. The number of methoxy groups -OCH3 is 2. The van der Waals surface area contributed by atoms with Crippen LogP contribution in [0.4, 0.5) is 4.79 Å². The molecule has 0 bridgehead atoms. The largest absolute Gasteiger partial charge is 0.488 e. The normalized spacial score (nSPS) is 16.6. The van der Waals surface area contributed by atoms with Gasteiger partial charge in [-0.3, -0.25) is 0 Å². The molecule has 148 valence electrons. The van der Waals surface area contributed by atoms with Crippen LogP contribution >= 0.6 is 0 Å². The van der Waals surface area contributed by atoms with Crippen molar-refractivity contribution in [3.05, 3.63) is 29.3 Å². The molecule has 8 nitrogen and oxygen atoms in total. The van der Waals surface area contributed by atoms with Crippen molar-refractivity contribution in [1.29, 1.82) is 0 Å². The van der Waals surface area contributed by atoms with Crippen molar-refractivity contribution in [1.82, 2.24) is 4.90 Å². The molecule has 27 heavy (non-hydrogen) atoms. The SMILES string of the molecule is COC(=O)c1ccc(O[C@H]2CCN(C(=O)OC(C)(C)C)C2)cc1C(=O)OC. The molecule has 1 heterocycles. The average molecular weight is 379 g/mol. The Bertz CT molecular complexity index is 723. The molecule has 1 aliphatic heterocycles. The summed E-state index contributed by atoms with van der Waals surface area (Å²) in [6.45, 7) is 6.33. The number of ether oxygens (including phenoxy) is 4. The number of carbonyl (C=O) groups is 3. The molecule has 2 rings (SSSR count). The van der Waals surface area contributed by atoms with E-state index in [1.54, 1.807) is 11.0 Å². The van der Waals surface area contributed by atoms with Crippen molar-refractivity contribution in [2.45, 2.75) is 38.9 Å². The molecule has 1 atom stereocenters. The quantitative estimate of drug-likeness (QED) is 0.587. The van der Waals surface area contributed by atoms with E-state index in [0.717, 1.165) is 0 Å². The van der Waals surface area contributed by atoms with Gasteiger partial charge in [-0.2, -0.15) is 0 Å². The van der Waals surface area contributed by atoms with Crippen LogP contribution < -0.4 is 4.74 Å². The van der Waals surface area contributed by atoms with Crippen molar-refractivity contribution in [3.8, 4) is 5.75 Å². The van der Waals surface area contributed by atoms with Gasteiger partial charge in [-0.1, -0.05) is 0 Å². The molecule has 0 unspecified atom stereocenters. The van der Waals surface area contributed by atoms with Crippen molar-refractivity contribution in [2.75, 3.05) is 27.3 Å². The maximum Gasteiger partial charge on any atom is 0.410 e. The summed E-state index contributed by atoms with van der Waals surface area (Å²) in [5.41, 5.74) is -0.405. The van der Waals surface area contributed by atoms with Crippen LogP contribution in [-0.2, 0) is 14.2 Å². The predicted octanol–water partition coefficient (Wildman–Crippen LogP) is 2.65. The lowest BCUT2D eigenvalue weighted by Crippen LogP contribution is -2.36. The third kappa shape index (κ3) is 5.35. The summed E-state index contributed by atoms with van der Waals surface area (Å²) in [6, 6.07) is 4.47. The van der Waals surface area contributed by atoms with Gasteiger partial charge in [0, 0.05) is 13.0 Å². The van der Waals surface area contributed by atoms with E-state index in [2.05, 4.69) is 4.74 Å². The second-order valence-electron chi connectivity index (χ2n) is 7.15. The Morgan fingerprint density at radius 3 is 2.26 bits per heavy atom. The molecular weight excluding hydrogens is 354 g/mol. The first-order valence-electron chi connectivity index (χ1n) is 8.60. The first-order valence-corrected chi connectivity index (χ1v) is 8.60. The van der Waals surface area contributed by atoms with Crippen molar-refractivity contribution in [2.24, 2.45) is 0 Å². The van der Waals surface area contributed by atoms with E-state index >= 15 is 0 Å². The fraction of sp³-hybridized carbons (Fsp3) is 0.526. The van der Waals surface area contributed by atoms with Gasteiger partial charge in [0.15, 0.2) is 0 Å². The second kappa shape index (κ2) is 8.28. The first-order chi connectivity index (χ1) is 12.6. The number of likely N-dealkylation sites (tertiary alicyclic amines) is 1. The lowest BCUT2D eigenvalue weighted by atomic mass is 10.1. The smallest absolute Gasteiger partial charge is 0.410 e. The zero-order valence-corrected chi connectivity index (χ0v) is 16.2. The minimum Gasteiger partial charge on any atom is -0.488 e. The van der Waals surface area contributed by atoms with E-state index in [9.17, 15) is 14.4 Å². The first kappa shape index (κ1) is 20.5. The number of amides is 1. The summed E-state index contributed by atoms with van der Waals surface area (Å²) in [4.78, 5) is 37.5. The molecule has 0 radical (unpaired) electrons. The Hall–Kier alpha value is -2.77. The van der Waals surface area contributed by atoms with E-state index in [0.29, 0.717) is 25.3 Å². The Kier molecular flexibility index (Phi) is 6.30. The highest BCUT2D eigenvalue weighted by Crippen LogP contribution is 2.24. The van der Waals surface area contributed by atoms with E-state index in [1.807, 2.05) is 20.8 Å². The summed E-state index contributed by atoms with van der Waals surface area (Å²) < 4.78 is 20.6. The van der Waals surface area contributed by atoms with Crippen LogP contribution in [0.3, 0.4) is 0 Å². The van der Waals surface area contributed by atoms with E-state index < -0.39 is 17.5 Å². The topological polar surface area (TPSA) is 91.4 Å². The van der Waals surface area contributed by atoms with Crippen LogP contribution in [0.25, 0.3) is 0 Å². The molecule has 1 aromatic rings. The Morgan fingerprint density at radius 1 is 1.04 bits per heavy atom. The van der Waals surface area contributed by atoms with Crippen LogP contribution in [0.2, 0.25) is 0 Å². The van der Waals surface area contributed by atoms with Crippen molar-refractivity contribution in [3.63, 3.8) is 0 Å². The molecule has 1 amide bonds. The van der Waals surface area contributed by atoms with Crippen molar-refractivity contribution >= 4 is 18.0 Å². The Morgan fingerprint density at radius 2 is 1.67 bits per heavy atom. The summed E-state index contributed by atoms with van der Waals surface area (Å²) >= 11 is 0. The van der Waals surface area contributed by atoms with Gasteiger partial charge in [0.2, 0.25) is 0 Å². The highest BCUT2D eigenvalue weighted by atomic mass is 16.6. The number of benzene rings is 1. The average Bonchev–Trinajstić information content (AvgIpc) is 3.07. The monoisotopic (exact) mass is 379 g/mol. The molecule has 0 aliphatic carbocycles. The van der Waals surface area contributed by atoms with E-state index in [1.165, 1.54) is 26.4 Å². The third-order valence-corrected chi connectivity index (χ3v) is 3.90. The van der Waals surface area contributed by atoms with Gasteiger partial charge in [-0.15, -0.1) is 0 Å². The fourth-order valence-corrected chi connectivity index (χ4v) is 2.67. The number of carbonyl (C=O) groups excluding carboxylic acids is 3. The van der Waals surface area contributed by atoms with E-state index in [-0.39, 0.29) is 23.3 Å². The Labute approximate surface area is 158 Å². The maximum atomic E-state index is 12.1. The molecule has 8 heteroatoms. The van der Waals surface area contributed by atoms with Crippen LogP contribution in [0.5, 0.6) is 5.75 Å². The minimum atomic E-state index is -0.664. The number of hydrogen-bond donors (Lipinski definition) is 0. The summed E-state index contributed by atoms with van der Waals surface area (Å²) in [6.07, 6.45) is 0.00262. The highest BCUT2D eigenvalue weighted by Gasteiger charge is 2.31. The number of hydrogen-bond acceptors (Lipinski definition) is 7. The van der Waals surface area contributed by atoms with Crippen molar-refractivity contribution < 1.29 is 33.3 Å². The van der Waals surface area contributed by atoms with Gasteiger partial charge in [-0.05, 0) is 39.0 Å². The van der Waals surface area contributed by atoms with Gasteiger partial charge in [0.25, 0.3) is 0 Å². The van der Waals surface area contributed by atoms with Gasteiger partial charge < -0.3 is 23.8 Å². The van der Waals surface area contributed by atoms with Gasteiger partial charge in [0.1, 0.15) is 17.5 Å². The minimum absolute atomic E-state index is 0.0591. The molecule has 1 aromatic carbocycles. The standard InChI is InChI=1S/C19H25NO7/c1-19(2,3)27-18(23)20-9-8-13(11-20)26-12-6-7-14(16(21)24-4)15(10-12)17(22)25-5/h6-7,10,13H,8-9,11H2,1-5H3/t13-/m0/s1. The zero-order valence-electron chi connectivity index (χ0n) is 16.2. The molecule has 1 saturated heterocycles. The molecule has 0 spiro atoms. The summed E-state index contributed by atoms with van der Waals surface area (Å²) in [5.74, 6) is -0.902. The fourth-order valence-electron chi connectivity index (χ4n) is 2.67. The summed E-state index contributed by atoms with van der Waals surface area (Å²) in [5, 5.41) is 0. The van der Waals surface area contributed by atoms with E-state index in [4.69, 9.17) is 14.2 Å². The van der Waals surface area contributed by atoms with Gasteiger partial charge in [-0.25, -0.2) is 14.4 Å². The molecule has 1 aliphatic rings.